The smallest absolute Gasteiger partial charge is 0.0367 e. The second-order valence-corrected chi connectivity index (χ2v) is 7.55. The zero-order valence-corrected chi connectivity index (χ0v) is 15.5. The lowest BCUT2D eigenvalue weighted by Crippen LogP contribution is -2.48. The van der Waals surface area contributed by atoms with Gasteiger partial charge >= 0.3 is 0 Å². The summed E-state index contributed by atoms with van der Waals surface area (Å²) in [4.78, 5) is 10.3. The van der Waals surface area contributed by atoms with Crippen LogP contribution in [-0.2, 0) is 0 Å². The van der Waals surface area contributed by atoms with Crippen LogP contribution in [0.5, 0.6) is 0 Å². The first-order chi connectivity index (χ1) is 11.7. The molecule has 3 rings (SSSR count). The lowest BCUT2D eigenvalue weighted by atomic mass is 10.1. The van der Waals surface area contributed by atoms with E-state index in [4.69, 9.17) is 0 Å². The number of benzene rings is 1. The van der Waals surface area contributed by atoms with Gasteiger partial charge in [0, 0.05) is 51.0 Å². The van der Waals surface area contributed by atoms with Gasteiger partial charge in [-0.3, -0.25) is 4.90 Å². The molecule has 134 valence electrons. The molecule has 1 atom stereocenters. The summed E-state index contributed by atoms with van der Waals surface area (Å²) in [7, 11) is 4.46. The molecular weight excluding hydrogens is 296 g/mol. The summed E-state index contributed by atoms with van der Waals surface area (Å²) in [5.41, 5.74) is 1.37. The Morgan fingerprint density at radius 1 is 0.833 bits per heavy atom. The number of likely N-dealkylation sites (tertiary alicyclic amines) is 1. The molecule has 0 amide bonds. The molecule has 1 aromatic carbocycles. The Bertz CT molecular complexity index is 468. The fourth-order valence-electron chi connectivity index (χ4n) is 4.03. The summed E-state index contributed by atoms with van der Waals surface area (Å²) in [6, 6.07) is 11.6. The molecule has 2 heterocycles. The van der Waals surface area contributed by atoms with Crippen molar-refractivity contribution in [2.75, 3.05) is 71.4 Å². The fraction of sp³-hybridized carbons (Fsp3) is 0.700. The van der Waals surface area contributed by atoms with Gasteiger partial charge in [-0.15, -0.1) is 0 Å². The minimum Gasteiger partial charge on any atom is -0.369 e. The maximum atomic E-state index is 2.69. The van der Waals surface area contributed by atoms with Crippen molar-refractivity contribution in [3.05, 3.63) is 30.3 Å². The van der Waals surface area contributed by atoms with Crippen LogP contribution in [0.2, 0.25) is 0 Å². The highest BCUT2D eigenvalue weighted by Gasteiger charge is 2.20. The van der Waals surface area contributed by atoms with Crippen molar-refractivity contribution >= 4 is 5.69 Å². The Kier molecular flexibility index (Phi) is 6.52. The molecule has 1 aromatic rings. The van der Waals surface area contributed by atoms with Gasteiger partial charge in [0.1, 0.15) is 0 Å². The van der Waals surface area contributed by atoms with E-state index < -0.39 is 0 Å². The van der Waals surface area contributed by atoms with E-state index >= 15 is 0 Å². The molecule has 1 unspecified atom stereocenters. The van der Waals surface area contributed by atoms with Gasteiger partial charge in [-0.1, -0.05) is 18.2 Å². The molecule has 0 N–H and O–H groups in total. The average Bonchev–Trinajstić information content (AvgIpc) is 2.87. The van der Waals surface area contributed by atoms with Crippen LogP contribution >= 0.6 is 0 Å². The average molecular weight is 331 g/mol. The van der Waals surface area contributed by atoms with E-state index in [2.05, 4.69) is 64.0 Å². The van der Waals surface area contributed by atoms with Crippen LogP contribution < -0.4 is 4.90 Å². The highest BCUT2D eigenvalue weighted by atomic mass is 15.3. The largest absolute Gasteiger partial charge is 0.369 e. The Morgan fingerprint density at radius 3 is 2.17 bits per heavy atom. The van der Waals surface area contributed by atoms with E-state index in [0.717, 1.165) is 19.1 Å². The Hall–Kier alpha value is -1.10. The maximum absolute atomic E-state index is 2.69. The lowest BCUT2D eigenvalue weighted by molar-refractivity contribution is 0.195. The van der Waals surface area contributed by atoms with Crippen LogP contribution in [0.4, 0.5) is 5.69 Å². The molecule has 0 bridgehead atoms. The van der Waals surface area contributed by atoms with Crippen molar-refractivity contribution in [2.45, 2.75) is 25.3 Å². The second-order valence-electron chi connectivity index (χ2n) is 7.55. The lowest BCUT2D eigenvalue weighted by Gasteiger charge is -2.37. The number of hydrogen-bond donors (Lipinski definition) is 0. The van der Waals surface area contributed by atoms with Crippen LogP contribution in [0, 0.1) is 0 Å². The van der Waals surface area contributed by atoms with Crippen LogP contribution in [0.15, 0.2) is 30.3 Å². The molecule has 2 saturated heterocycles. The van der Waals surface area contributed by atoms with Crippen LogP contribution in [0.25, 0.3) is 0 Å². The molecule has 0 spiro atoms. The number of piperazine rings is 1. The molecule has 2 aliphatic rings. The molecule has 2 aliphatic heterocycles. The van der Waals surface area contributed by atoms with Gasteiger partial charge in [-0.05, 0) is 58.6 Å². The van der Waals surface area contributed by atoms with Crippen molar-refractivity contribution in [3.8, 4) is 0 Å². The number of para-hydroxylation sites is 1. The molecule has 24 heavy (non-hydrogen) atoms. The molecule has 2 fully saturated rings. The van der Waals surface area contributed by atoms with Crippen LogP contribution in [0.3, 0.4) is 0 Å². The van der Waals surface area contributed by atoms with Gasteiger partial charge in [-0.2, -0.15) is 0 Å². The normalized spacial score (nSPS) is 24.3. The predicted octanol–water partition coefficient (Wildman–Crippen LogP) is 2.22. The summed E-state index contributed by atoms with van der Waals surface area (Å²) in [5, 5.41) is 0. The van der Waals surface area contributed by atoms with Gasteiger partial charge in [-0.25, -0.2) is 0 Å². The highest BCUT2D eigenvalue weighted by Crippen LogP contribution is 2.17. The van der Waals surface area contributed by atoms with Gasteiger partial charge in [0.2, 0.25) is 0 Å². The fourth-order valence-corrected chi connectivity index (χ4v) is 4.03. The summed E-state index contributed by atoms with van der Waals surface area (Å²) in [6.07, 6.45) is 4.04. The van der Waals surface area contributed by atoms with Crippen LogP contribution in [-0.4, -0.2) is 87.2 Å². The van der Waals surface area contributed by atoms with Gasteiger partial charge in [0.25, 0.3) is 0 Å². The SMILES string of the molecule is CN(C)C1CCCN(CCN2CCN(c3ccccc3)CC2)CC1. The standard InChI is InChI=1S/C20H34N4/c1-21(2)19-9-6-11-22(12-10-19)13-14-23-15-17-24(18-16-23)20-7-4-3-5-8-20/h3-5,7-8,19H,6,9-18H2,1-2H3. The van der Waals surface area contributed by atoms with Gasteiger partial charge in [0.15, 0.2) is 0 Å². The first-order valence-corrected chi connectivity index (χ1v) is 9.63. The summed E-state index contributed by atoms with van der Waals surface area (Å²) in [6.45, 7) is 9.74. The van der Waals surface area contributed by atoms with Crippen molar-refractivity contribution in [1.82, 2.24) is 14.7 Å². The number of rotatable bonds is 5. The molecule has 4 heteroatoms. The molecule has 0 saturated carbocycles. The van der Waals surface area contributed by atoms with E-state index in [9.17, 15) is 0 Å². The van der Waals surface area contributed by atoms with E-state index in [1.54, 1.807) is 0 Å². The molecular formula is C20H34N4. The summed E-state index contributed by atoms with van der Waals surface area (Å²) >= 11 is 0. The van der Waals surface area contributed by atoms with E-state index in [-0.39, 0.29) is 0 Å². The van der Waals surface area contributed by atoms with Crippen molar-refractivity contribution < 1.29 is 0 Å². The molecule has 4 nitrogen and oxygen atoms in total. The van der Waals surface area contributed by atoms with Crippen molar-refractivity contribution in [1.29, 1.82) is 0 Å². The zero-order chi connectivity index (χ0) is 16.8. The first-order valence-electron chi connectivity index (χ1n) is 9.63. The number of hydrogen-bond acceptors (Lipinski definition) is 4. The predicted molar refractivity (Wildman–Crippen MR) is 103 cm³/mol. The highest BCUT2D eigenvalue weighted by molar-refractivity contribution is 5.46. The minimum absolute atomic E-state index is 0.782. The Morgan fingerprint density at radius 2 is 1.50 bits per heavy atom. The van der Waals surface area contributed by atoms with E-state index in [0.29, 0.717) is 0 Å². The number of anilines is 1. The molecule has 0 aromatic heterocycles. The summed E-state index contributed by atoms with van der Waals surface area (Å²) in [5.74, 6) is 0. The second kappa shape index (κ2) is 8.84. The third-order valence-corrected chi connectivity index (χ3v) is 5.75. The van der Waals surface area contributed by atoms with Gasteiger partial charge in [0.05, 0.1) is 0 Å². The van der Waals surface area contributed by atoms with Crippen molar-refractivity contribution in [3.63, 3.8) is 0 Å². The first kappa shape index (κ1) is 17.7. The molecule has 0 aliphatic carbocycles. The summed E-state index contributed by atoms with van der Waals surface area (Å²) < 4.78 is 0. The Labute approximate surface area is 148 Å². The maximum Gasteiger partial charge on any atom is 0.0367 e. The van der Waals surface area contributed by atoms with Gasteiger partial charge < -0.3 is 14.7 Å². The number of nitrogens with zero attached hydrogens (tertiary/aromatic N) is 4. The van der Waals surface area contributed by atoms with Crippen molar-refractivity contribution in [2.24, 2.45) is 0 Å². The van der Waals surface area contributed by atoms with E-state index in [1.807, 2.05) is 0 Å². The third kappa shape index (κ3) is 4.95. The third-order valence-electron chi connectivity index (χ3n) is 5.75. The quantitative estimate of drug-likeness (QED) is 0.821. The van der Waals surface area contributed by atoms with Crippen LogP contribution in [0.1, 0.15) is 19.3 Å². The topological polar surface area (TPSA) is 13.0 Å². The monoisotopic (exact) mass is 330 g/mol. The van der Waals surface area contributed by atoms with E-state index in [1.165, 1.54) is 64.2 Å². The minimum atomic E-state index is 0.782. The Balaban J connectivity index is 1.38. The zero-order valence-electron chi connectivity index (χ0n) is 15.5. The molecule has 0 radical (unpaired) electrons.